The third kappa shape index (κ3) is 6.35. The molecule has 0 radical (unpaired) electrons. The summed E-state index contributed by atoms with van der Waals surface area (Å²) in [5, 5.41) is 3.74. The Labute approximate surface area is 172 Å². The Hall–Kier alpha value is -2.80. The third-order valence-electron chi connectivity index (χ3n) is 4.42. The average molecular weight is 415 g/mol. The number of esters is 1. The predicted molar refractivity (Wildman–Crippen MR) is 111 cm³/mol. The first-order valence-corrected chi connectivity index (χ1v) is 10.4. The lowest BCUT2D eigenvalue weighted by atomic mass is 10.2. The van der Waals surface area contributed by atoms with Gasteiger partial charge in [0, 0.05) is 13.0 Å². The van der Waals surface area contributed by atoms with E-state index in [2.05, 4.69) is 16.4 Å². The van der Waals surface area contributed by atoms with Gasteiger partial charge < -0.3 is 10.1 Å². The van der Waals surface area contributed by atoms with E-state index in [1.54, 1.807) is 30.4 Å². The van der Waals surface area contributed by atoms with Crippen LogP contribution in [0.2, 0.25) is 0 Å². The first kappa shape index (κ1) is 20.9. The van der Waals surface area contributed by atoms with Gasteiger partial charge in [-0.25, -0.2) is 9.37 Å². The molecular formula is C22H23FN2O3S. The highest BCUT2D eigenvalue weighted by atomic mass is 32.1. The Morgan fingerprint density at radius 2 is 1.90 bits per heavy atom. The zero-order chi connectivity index (χ0) is 20.6. The number of unbranched alkanes of at least 4 members (excludes halogenated alkanes) is 1. The van der Waals surface area contributed by atoms with E-state index in [0.717, 1.165) is 28.9 Å². The summed E-state index contributed by atoms with van der Waals surface area (Å²) in [6.07, 6.45) is 1.73. The highest BCUT2D eigenvalue weighted by Crippen LogP contribution is 2.22. The number of para-hydroxylation sites is 1. The third-order valence-corrected chi connectivity index (χ3v) is 5.51. The van der Waals surface area contributed by atoms with E-state index >= 15 is 0 Å². The lowest BCUT2D eigenvalue weighted by molar-refractivity contribution is -0.155. The Balaban J connectivity index is 1.33. The number of carbonyl (C=O) groups is 2. The maximum Gasteiger partial charge on any atom is 0.306 e. The van der Waals surface area contributed by atoms with Gasteiger partial charge in [0.15, 0.2) is 6.10 Å². The van der Waals surface area contributed by atoms with Crippen molar-refractivity contribution in [2.45, 2.75) is 45.3 Å². The second-order valence-electron chi connectivity index (χ2n) is 6.76. The molecule has 0 bridgehead atoms. The van der Waals surface area contributed by atoms with Gasteiger partial charge in [0.25, 0.3) is 5.91 Å². The molecule has 2 aromatic carbocycles. The van der Waals surface area contributed by atoms with Crippen LogP contribution in [0.5, 0.6) is 0 Å². The molecule has 0 aliphatic carbocycles. The summed E-state index contributed by atoms with van der Waals surface area (Å²) in [7, 11) is 0. The molecule has 29 heavy (non-hydrogen) atoms. The topological polar surface area (TPSA) is 68.3 Å². The van der Waals surface area contributed by atoms with Crippen molar-refractivity contribution in [1.29, 1.82) is 0 Å². The number of hydrogen-bond donors (Lipinski definition) is 1. The maximum absolute atomic E-state index is 12.9. The van der Waals surface area contributed by atoms with E-state index < -0.39 is 12.1 Å². The average Bonchev–Trinajstić information content (AvgIpc) is 3.13. The number of nitrogens with one attached hydrogen (secondary N) is 1. The van der Waals surface area contributed by atoms with Gasteiger partial charge in [-0.2, -0.15) is 0 Å². The van der Waals surface area contributed by atoms with Gasteiger partial charge in [-0.05, 0) is 56.0 Å². The molecule has 0 spiro atoms. The van der Waals surface area contributed by atoms with Gasteiger partial charge in [-0.15, -0.1) is 11.3 Å². The minimum absolute atomic E-state index is 0.253. The van der Waals surface area contributed by atoms with Crippen molar-refractivity contribution in [3.63, 3.8) is 0 Å². The highest BCUT2D eigenvalue weighted by Gasteiger charge is 2.17. The summed E-state index contributed by atoms with van der Waals surface area (Å²) < 4.78 is 19.2. The number of aromatic nitrogens is 1. The van der Waals surface area contributed by atoms with E-state index in [4.69, 9.17) is 4.74 Å². The van der Waals surface area contributed by atoms with Gasteiger partial charge in [0.2, 0.25) is 0 Å². The van der Waals surface area contributed by atoms with Crippen molar-refractivity contribution in [3.8, 4) is 0 Å². The molecule has 1 amide bonds. The number of amides is 1. The standard InChI is InChI=1S/C22H23FN2O3S/c1-15(22(27)24-14-16-10-12-17(23)13-11-16)28-21(26)9-5-4-8-20-25-18-6-2-3-7-19(18)29-20/h2-3,6-7,10-13,15H,4-5,8-9,14H2,1H3,(H,24,27)/t15-/m1/s1. The normalized spacial score (nSPS) is 11.9. The van der Waals surface area contributed by atoms with E-state index in [1.807, 2.05) is 18.2 Å². The van der Waals surface area contributed by atoms with Crippen LogP contribution in [0.25, 0.3) is 10.2 Å². The second-order valence-corrected chi connectivity index (χ2v) is 7.87. The van der Waals surface area contributed by atoms with Crippen molar-refractivity contribution >= 4 is 33.4 Å². The number of aryl methyl sites for hydroxylation is 1. The molecule has 0 saturated carbocycles. The molecule has 3 aromatic rings. The predicted octanol–water partition coefficient (Wildman–Crippen LogP) is 4.40. The summed E-state index contributed by atoms with van der Waals surface area (Å²) >= 11 is 1.67. The highest BCUT2D eigenvalue weighted by molar-refractivity contribution is 7.18. The molecule has 1 N–H and O–H groups in total. The van der Waals surface area contributed by atoms with Crippen LogP contribution < -0.4 is 5.32 Å². The van der Waals surface area contributed by atoms with Crippen molar-refractivity contribution in [2.75, 3.05) is 0 Å². The first-order valence-electron chi connectivity index (χ1n) is 9.57. The van der Waals surface area contributed by atoms with Gasteiger partial charge in [-0.1, -0.05) is 24.3 Å². The Morgan fingerprint density at radius 1 is 1.14 bits per heavy atom. The Morgan fingerprint density at radius 3 is 2.66 bits per heavy atom. The van der Waals surface area contributed by atoms with Crippen LogP contribution in [0.4, 0.5) is 4.39 Å². The number of nitrogens with zero attached hydrogens (tertiary/aromatic N) is 1. The van der Waals surface area contributed by atoms with Crippen LogP contribution in [0, 0.1) is 5.82 Å². The minimum atomic E-state index is -0.868. The molecule has 1 heterocycles. The van der Waals surface area contributed by atoms with Crippen LogP contribution in [0.15, 0.2) is 48.5 Å². The summed E-state index contributed by atoms with van der Waals surface area (Å²) in [6.45, 7) is 1.79. The molecule has 1 atom stereocenters. The van der Waals surface area contributed by atoms with Crippen molar-refractivity contribution in [3.05, 3.63) is 64.9 Å². The number of benzene rings is 2. The Bertz CT molecular complexity index is 939. The van der Waals surface area contributed by atoms with Crippen LogP contribution in [0.1, 0.15) is 36.8 Å². The summed E-state index contributed by atoms with van der Waals surface area (Å²) in [4.78, 5) is 28.6. The quantitative estimate of drug-likeness (QED) is 0.416. The summed E-state index contributed by atoms with van der Waals surface area (Å²) in [5.41, 5.74) is 1.78. The zero-order valence-electron chi connectivity index (χ0n) is 16.2. The summed E-state index contributed by atoms with van der Waals surface area (Å²) in [6, 6.07) is 13.9. The van der Waals surface area contributed by atoms with Crippen LogP contribution in [-0.4, -0.2) is 23.0 Å². The van der Waals surface area contributed by atoms with Crippen LogP contribution >= 0.6 is 11.3 Å². The van der Waals surface area contributed by atoms with Crippen molar-refractivity contribution < 1.29 is 18.7 Å². The number of hydrogen-bond acceptors (Lipinski definition) is 5. The minimum Gasteiger partial charge on any atom is -0.453 e. The molecular weight excluding hydrogens is 391 g/mol. The fourth-order valence-corrected chi connectivity index (χ4v) is 3.83. The summed E-state index contributed by atoms with van der Waals surface area (Å²) in [5.74, 6) is -1.10. The van der Waals surface area contributed by atoms with Crippen molar-refractivity contribution in [1.82, 2.24) is 10.3 Å². The molecule has 7 heteroatoms. The lowest BCUT2D eigenvalue weighted by Gasteiger charge is -2.13. The van der Waals surface area contributed by atoms with Gasteiger partial charge in [-0.3, -0.25) is 9.59 Å². The maximum atomic E-state index is 12.9. The monoisotopic (exact) mass is 414 g/mol. The van der Waals surface area contributed by atoms with Crippen LogP contribution in [-0.2, 0) is 27.3 Å². The Kier molecular flexibility index (Phi) is 7.30. The molecule has 0 saturated heterocycles. The number of rotatable bonds is 9. The molecule has 152 valence electrons. The molecule has 5 nitrogen and oxygen atoms in total. The molecule has 0 aliphatic heterocycles. The first-order chi connectivity index (χ1) is 14.0. The molecule has 0 aliphatic rings. The number of thiazole rings is 1. The van der Waals surface area contributed by atoms with Gasteiger partial charge in [0.05, 0.1) is 15.2 Å². The van der Waals surface area contributed by atoms with Gasteiger partial charge >= 0.3 is 5.97 Å². The molecule has 0 fully saturated rings. The largest absolute Gasteiger partial charge is 0.453 e. The number of halogens is 1. The fourth-order valence-electron chi connectivity index (χ4n) is 2.82. The fraction of sp³-hybridized carbons (Fsp3) is 0.318. The lowest BCUT2D eigenvalue weighted by Crippen LogP contribution is -2.35. The molecule has 3 rings (SSSR count). The zero-order valence-corrected chi connectivity index (χ0v) is 17.0. The SMILES string of the molecule is C[C@@H](OC(=O)CCCCc1nc2ccccc2s1)C(=O)NCc1ccc(F)cc1. The smallest absolute Gasteiger partial charge is 0.306 e. The molecule has 1 aromatic heterocycles. The van der Waals surface area contributed by atoms with E-state index in [-0.39, 0.29) is 24.7 Å². The van der Waals surface area contributed by atoms with Gasteiger partial charge in [0.1, 0.15) is 5.82 Å². The molecule has 0 unspecified atom stereocenters. The van der Waals surface area contributed by atoms with Crippen LogP contribution in [0.3, 0.4) is 0 Å². The van der Waals surface area contributed by atoms with E-state index in [1.165, 1.54) is 16.8 Å². The van der Waals surface area contributed by atoms with E-state index in [9.17, 15) is 14.0 Å². The van der Waals surface area contributed by atoms with E-state index in [0.29, 0.717) is 6.42 Å². The number of carbonyl (C=O) groups excluding carboxylic acids is 2. The number of fused-ring (bicyclic) bond motifs is 1. The number of ether oxygens (including phenoxy) is 1. The van der Waals surface area contributed by atoms with Crippen molar-refractivity contribution in [2.24, 2.45) is 0 Å². The second kappa shape index (κ2) is 10.1.